The van der Waals surface area contributed by atoms with E-state index in [-0.39, 0.29) is 11.7 Å². The molecule has 0 aliphatic rings. The molecule has 0 saturated heterocycles. The van der Waals surface area contributed by atoms with E-state index in [4.69, 9.17) is 4.74 Å². The summed E-state index contributed by atoms with van der Waals surface area (Å²) in [7, 11) is 0. The minimum Gasteiger partial charge on any atom is -0.459 e. The Kier molecular flexibility index (Phi) is 6.63. The van der Waals surface area contributed by atoms with Crippen LogP contribution in [-0.2, 0) is 20.9 Å². The van der Waals surface area contributed by atoms with E-state index in [0.717, 1.165) is 21.6 Å². The Morgan fingerprint density at radius 1 is 0.929 bits per heavy atom. The molecule has 0 aliphatic heterocycles. The molecule has 3 aromatic rings. The molecule has 1 atom stereocenters. The first-order valence-corrected chi connectivity index (χ1v) is 9.62. The molecule has 0 aromatic heterocycles. The first-order valence-electron chi connectivity index (χ1n) is 8.81. The van der Waals surface area contributed by atoms with Gasteiger partial charge in [0.25, 0.3) is 0 Å². The number of aliphatic hydroxyl groups excluding tert-OH is 1. The average Bonchev–Trinajstić information content (AvgIpc) is 2.72. The minimum atomic E-state index is -1.35. The number of carbonyl (C=O) groups is 2. The highest BCUT2D eigenvalue weighted by molar-refractivity contribution is 8.13. The van der Waals surface area contributed by atoms with E-state index < -0.39 is 12.1 Å². The van der Waals surface area contributed by atoms with Crippen LogP contribution in [0.4, 0.5) is 0 Å². The van der Waals surface area contributed by atoms with Gasteiger partial charge in [-0.25, -0.2) is 4.79 Å². The van der Waals surface area contributed by atoms with E-state index in [2.05, 4.69) is 0 Å². The molecule has 0 amide bonds. The monoisotopic (exact) mass is 392 g/mol. The van der Waals surface area contributed by atoms with E-state index in [1.165, 1.54) is 18.7 Å². The lowest BCUT2D eigenvalue weighted by molar-refractivity contribution is -0.155. The number of hydrogen-bond acceptors (Lipinski definition) is 5. The van der Waals surface area contributed by atoms with Crippen LogP contribution in [0, 0.1) is 0 Å². The summed E-state index contributed by atoms with van der Waals surface area (Å²) in [5, 5.41) is 10.3. The summed E-state index contributed by atoms with van der Waals surface area (Å²) < 4.78 is 5.19. The Hall–Kier alpha value is -2.89. The van der Waals surface area contributed by atoms with Crippen molar-refractivity contribution in [1.82, 2.24) is 0 Å². The third-order valence-corrected chi connectivity index (χ3v) is 4.99. The van der Waals surface area contributed by atoms with Crippen LogP contribution in [0.15, 0.2) is 83.8 Å². The normalized spacial score (nSPS) is 11.6. The summed E-state index contributed by atoms with van der Waals surface area (Å²) in [6.45, 7) is 1.65. The van der Waals surface area contributed by atoms with Crippen molar-refractivity contribution in [2.45, 2.75) is 24.5 Å². The third-order valence-electron chi connectivity index (χ3n) is 4.13. The van der Waals surface area contributed by atoms with Crippen LogP contribution in [-0.4, -0.2) is 16.2 Å². The molecule has 0 fully saturated rings. The molecule has 3 rings (SSSR count). The maximum Gasteiger partial charge on any atom is 0.339 e. The first-order chi connectivity index (χ1) is 13.5. The van der Waals surface area contributed by atoms with Gasteiger partial charge >= 0.3 is 5.97 Å². The fraction of sp³-hybridized carbons (Fsp3) is 0.130. The molecular formula is C23H20O4S. The maximum atomic E-state index is 12.1. The Bertz CT molecular complexity index is 952. The highest BCUT2D eigenvalue weighted by atomic mass is 32.2. The molecule has 1 N–H and O–H groups in total. The van der Waals surface area contributed by atoms with Gasteiger partial charge in [-0.1, -0.05) is 84.6 Å². The lowest BCUT2D eigenvalue weighted by Gasteiger charge is -2.13. The van der Waals surface area contributed by atoms with Crippen LogP contribution in [0.2, 0.25) is 0 Å². The smallest absolute Gasteiger partial charge is 0.339 e. The van der Waals surface area contributed by atoms with Crippen molar-refractivity contribution >= 4 is 22.8 Å². The summed E-state index contributed by atoms with van der Waals surface area (Å²) in [6.07, 6.45) is -1.35. The summed E-state index contributed by atoms with van der Waals surface area (Å²) in [6, 6.07) is 24.0. The molecule has 5 heteroatoms. The largest absolute Gasteiger partial charge is 0.459 e. The molecule has 0 heterocycles. The zero-order valence-corrected chi connectivity index (χ0v) is 16.2. The zero-order chi connectivity index (χ0) is 19.9. The van der Waals surface area contributed by atoms with E-state index in [1.54, 1.807) is 12.1 Å². The Balaban J connectivity index is 1.70. The van der Waals surface area contributed by atoms with Crippen molar-refractivity contribution in [2.75, 3.05) is 0 Å². The van der Waals surface area contributed by atoms with Crippen molar-refractivity contribution in [3.05, 3.63) is 90.0 Å². The first kappa shape index (κ1) is 19.9. The summed E-state index contributed by atoms with van der Waals surface area (Å²) in [5.41, 5.74) is 3.14. The van der Waals surface area contributed by atoms with Crippen LogP contribution < -0.4 is 0 Å². The Morgan fingerprint density at radius 3 is 2.25 bits per heavy atom. The van der Waals surface area contributed by atoms with E-state index in [9.17, 15) is 14.7 Å². The number of esters is 1. The SMILES string of the molecule is CC(=O)Sc1ccccc1-c1ccc(C(O)C(=O)OCc2ccccc2)cc1. The molecule has 1 unspecified atom stereocenters. The van der Waals surface area contributed by atoms with Crippen LogP contribution in [0.5, 0.6) is 0 Å². The fourth-order valence-electron chi connectivity index (χ4n) is 2.74. The van der Waals surface area contributed by atoms with Crippen LogP contribution in [0.25, 0.3) is 11.1 Å². The minimum absolute atomic E-state index is 0.0145. The number of ether oxygens (including phenoxy) is 1. The quantitative estimate of drug-likeness (QED) is 0.484. The molecule has 0 aliphatic carbocycles. The van der Waals surface area contributed by atoms with Crippen LogP contribution in [0.1, 0.15) is 24.2 Å². The van der Waals surface area contributed by atoms with Gasteiger partial charge in [0.1, 0.15) is 6.61 Å². The van der Waals surface area contributed by atoms with Crippen molar-refractivity contribution in [3.8, 4) is 11.1 Å². The van der Waals surface area contributed by atoms with E-state index in [0.29, 0.717) is 5.56 Å². The van der Waals surface area contributed by atoms with Crippen LogP contribution >= 0.6 is 11.8 Å². The molecule has 142 valence electrons. The molecule has 0 radical (unpaired) electrons. The van der Waals surface area contributed by atoms with Gasteiger partial charge < -0.3 is 9.84 Å². The Labute approximate surface area is 168 Å². The van der Waals surface area contributed by atoms with Crippen LogP contribution in [0.3, 0.4) is 0 Å². The molecule has 28 heavy (non-hydrogen) atoms. The molecule has 0 saturated carbocycles. The molecule has 4 nitrogen and oxygen atoms in total. The lowest BCUT2D eigenvalue weighted by atomic mass is 10.0. The number of carbonyl (C=O) groups excluding carboxylic acids is 2. The third kappa shape index (κ3) is 5.09. The second-order valence-corrected chi connectivity index (χ2v) is 7.43. The van der Waals surface area contributed by atoms with Gasteiger partial charge in [0.05, 0.1) is 0 Å². The van der Waals surface area contributed by atoms with Gasteiger partial charge in [-0.05, 0) is 28.3 Å². The number of benzene rings is 3. The van der Waals surface area contributed by atoms with Gasteiger partial charge in [0, 0.05) is 11.8 Å². The predicted molar refractivity (Wildman–Crippen MR) is 110 cm³/mol. The van der Waals surface area contributed by atoms with Crippen molar-refractivity contribution in [3.63, 3.8) is 0 Å². The van der Waals surface area contributed by atoms with Gasteiger partial charge in [0.2, 0.25) is 0 Å². The van der Waals surface area contributed by atoms with Crippen molar-refractivity contribution in [1.29, 1.82) is 0 Å². The van der Waals surface area contributed by atoms with Gasteiger partial charge in [-0.15, -0.1) is 0 Å². The maximum absolute atomic E-state index is 12.1. The topological polar surface area (TPSA) is 63.6 Å². The molecule has 3 aromatic carbocycles. The number of hydrogen-bond donors (Lipinski definition) is 1. The Morgan fingerprint density at radius 2 is 1.57 bits per heavy atom. The zero-order valence-electron chi connectivity index (χ0n) is 15.4. The van der Waals surface area contributed by atoms with Gasteiger partial charge in [0.15, 0.2) is 11.2 Å². The number of thioether (sulfide) groups is 1. The summed E-state index contributed by atoms with van der Waals surface area (Å²) in [4.78, 5) is 24.5. The number of rotatable bonds is 6. The van der Waals surface area contributed by atoms with Crippen molar-refractivity contribution in [2.24, 2.45) is 0 Å². The predicted octanol–water partition coefficient (Wildman–Crippen LogP) is 4.77. The summed E-state index contributed by atoms with van der Waals surface area (Å²) >= 11 is 1.18. The molecule has 0 bridgehead atoms. The fourth-order valence-corrected chi connectivity index (χ4v) is 3.49. The van der Waals surface area contributed by atoms with E-state index >= 15 is 0 Å². The highest BCUT2D eigenvalue weighted by Crippen LogP contribution is 2.32. The van der Waals surface area contributed by atoms with Crippen molar-refractivity contribution < 1.29 is 19.4 Å². The van der Waals surface area contributed by atoms with Gasteiger partial charge in [-0.2, -0.15) is 0 Å². The standard InChI is InChI=1S/C23H20O4S/c1-16(24)28-21-10-6-5-9-20(21)18-11-13-19(14-12-18)22(25)23(26)27-15-17-7-3-2-4-8-17/h2-14,22,25H,15H2,1H3. The highest BCUT2D eigenvalue weighted by Gasteiger charge is 2.19. The number of aliphatic hydroxyl groups is 1. The second kappa shape index (κ2) is 9.35. The molecule has 0 spiro atoms. The molecular weight excluding hydrogens is 372 g/mol. The lowest BCUT2D eigenvalue weighted by Crippen LogP contribution is -2.15. The average molecular weight is 392 g/mol. The van der Waals surface area contributed by atoms with E-state index in [1.807, 2.05) is 66.7 Å². The summed E-state index contributed by atoms with van der Waals surface area (Å²) in [5.74, 6) is -0.691. The second-order valence-electron chi connectivity index (χ2n) is 6.21. The van der Waals surface area contributed by atoms with Gasteiger partial charge in [-0.3, -0.25) is 4.79 Å².